The van der Waals surface area contributed by atoms with Crippen LogP contribution in [0.15, 0.2) is 42.5 Å². The number of alkyl halides is 6. The van der Waals surface area contributed by atoms with Crippen molar-refractivity contribution in [2.45, 2.75) is 25.2 Å². The van der Waals surface area contributed by atoms with Gasteiger partial charge < -0.3 is 4.90 Å². The molecule has 186 valence electrons. The number of hydrogen-bond donors (Lipinski definition) is 0. The van der Waals surface area contributed by atoms with Crippen LogP contribution < -0.4 is 4.90 Å². The average molecular weight is 528 g/mol. The molecule has 13 heteroatoms. The quantitative estimate of drug-likeness (QED) is 0.226. The summed E-state index contributed by atoms with van der Waals surface area (Å²) < 4.78 is 96.5. The fourth-order valence-electron chi connectivity index (χ4n) is 3.82. The molecule has 1 saturated carbocycles. The Kier molecular flexibility index (Phi) is 5.51. The molecule has 5 nitrogen and oxygen atoms in total. The topological polar surface area (TPSA) is 46.3 Å². The maximum Gasteiger partial charge on any atom is 0.406 e. The third-order valence-corrected chi connectivity index (χ3v) is 5.97. The van der Waals surface area contributed by atoms with Crippen LogP contribution in [-0.2, 0) is 0 Å². The van der Waals surface area contributed by atoms with Crippen molar-refractivity contribution >= 4 is 39.8 Å². The molecular weight excluding hydrogens is 515 g/mol. The van der Waals surface area contributed by atoms with E-state index in [0.717, 1.165) is 18.2 Å². The van der Waals surface area contributed by atoms with E-state index >= 15 is 0 Å². The van der Waals surface area contributed by atoms with Crippen molar-refractivity contribution in [3.05, 3.63) is 59.1 Å². The van der Waals surface area contributed by atoms with Crippen LogP contribution in [0, 0.1) is 23.1 Å². The molecule has 2 heterocycles. The van der Waals surface area contributed by atoms with E-state index in [1.165, 1.54) is 10.5 Å². The molecule has 0 bridgehead atoms. The minimum Gasteiger partial charge on any atom is -0.316 e. The van der Waals surface area contributed by atoms with Crippen molar-refractivity contribution in [3.8, 4) is 11.8 Å². The summed E-state index contributed by atoms with van der Waals surface area (Å²) in [4.78, 5) is 4.90. The molecule has 1 aliphatic carbocycles. The molecule has 0 N–H and O–H groups in total. The molecule has 0 spiro atoms. The normalized spacial score (nSPS) is 15.1. The molecule has 0 amide bonds. The highest BCUT2D eigenvalue weighted by Gasteiger charge is 2.62. The van der Waals surface area contributed by atoms with E-state index in [1.54, 1.807) is 18.2 Å². The van der Waals surface area contributed by atoms with Gasteiger partial charge in [0.2, 0.25) is 5.28 Å². The summed E-state index contributed by atoms with van der Waals surface area (Å²) in [5, 5.41) is 7.64. The lowest BCUT2D eigenvalue weighted by Gasteiger charge is -2.26. The first kappa shape index (κ1) is 24.1. The average Bonchev–Trinajstić information content (AvgIpc) is 3.51. The summed E-state index contributed by atoms with van der Waals surface area (Å²) >= 11 is 6.07. The van der Waals surface area contributed by atoms with Crippen molar-refractivity contribution in [2.75, 3.05) is 11.4 Å². The zero-order valence-corrected chi connectivity index (χ0v) is 18.7. The molecule has 0 saturated heterocycles. The highest BCUT2D eigenvalue weighted by molar-refractivity contribution is 6.29. The van der Waals surface area contributed by atoms with Crippen LogP contribution in [0.1, 0.15) is 18.4 Å². The first-order valence-electron chi connectivity index (χ1n) is 10.4. The van der Waals surface area contributed by atoms with Gasteiger partial charge in [0.15, 0.2) is 0 Å². The number of fused-ring (bicyclic) bond motifs is 3. The Balaban J connectivity index is 1.68. The van der Waals surface area contributed by atoms with E-state index in [9.17, 15) is 30.7 Å². The monoisotopic (exact) mass is 527 g/mol. The molecule has 0 aliphatic heterocycles. The zero-order valence-electron chi connectivity index (χ0n) is 17.9. The van der Waals surface area contributed by atoms with Crippen LogP contribution in [0.5, 0.6) is 0 Å². The number of para-hydroxylation sites is 1. The number of benzene rings is 2. The number of hydrogen-bond acceptors (Lipinski definition) is 4. The van der Waals surface area contributed by atoms with Crippen molar-refractivity contribution in [1.82, 2.24) is 19.6 Å². The Hall–Kier alpha value is -3.59. The second-order valence-corrected chi connectivity index (χ2v) is 8.62. The number of aromatic nitrogens is 4. The number of halogens is 8. The maximum atomic E-state index is 14.5. The molecule has 36 heavy (non-hydrogen) atoms. The Bertz CT molecular complexity index is 1540. The Morgan fingerprint density at radius 1 is 1.03 bits per heavy atom. The Morgan fingerprint density at radius 2 is 1.75 bits per heavy atom. The molecule has 2 aromatic carbocycles. The largest absolute Gasteiger partial charge is 0.406 e. The minimum atomic E-state index is -4.76. The van der Waals surface area contributed by atoms with E-state index in [0.29, 0.717) is 10.4 Å². The van der Waals surface area contributed by atoms with Gasteiger partial charge in [0.1, 0.15) is 23.6 Å². The van der Waals surface area contributed by atoms with Crippen molar-refractivity contribution in [1.29, 1.82) is 0 Å². The summed E-state index contributed by atoms with van der Waals surface area (Å²) in [6, 6.07) is 9.04. The predicted molar refractivity (Wildman–Crippen MR) is 117 cm³/mol. The first-order valence-corrected chi connectivity index (χ1v) is 10.8. The number of anilines is 2. The van der Waals surface area contributed by atoms with Gasteiger partial charge in [-0.25, -0.2) is 8.79 Å². The van der Waals surface area contributed by atoms with Gasteiger partial charge in [0, 0.05) is 16.6 Å². The van der Waals surface area contributed by atoms with Gasteiger partial charge in [0.25, 0.3) is 5.78 Å². The van der Waals surface area contributed by atoms with E-state index < -0.39 is 30.1 Å². The lowest BCUT2D eigenvalue weighted by atomic mass is 10.1. The van der Waals surface area contributed by atoms with Crippen LogP contribution in [0.4, 0.5) is 42.2 Å². The number of nitrogens with zero attached hydrogens (tertiary/aromatic N) is 5. The van der Waals surface area contributed by atoms with E-state index in [4.69, 9.17) is 11.6 Å². The summed E-state index contributed by atoms with van der Waals surface area (Å²) in [6.07, 6.45) is -9.70. The van der Waals surface area contributed by atoms with E-state index in [2.05, 4.69) is 27.0 Å². The predicted octanol–water partition coefficient (Wildman–Crippen LogP) is 6.46. The summed E-state index contributed by atoms with van der Waals surface area (Å²) in [5.41, 5.74) is -2.34. The second-order valence-electron chi connectivity index (χ2n) is 8.29. The highest BCUT2D eigenvalue weighted by atomic mass is 35.5. The third-order valence-electron chi connectivity index (χ3n) is 5.72. The maximum absolute atomic E-state index is 14.5. The number of rotatable bonds is 3. The van der Waals surface area contributed by atoms with E-state index in [1.807, 2.05) is 0 Å². The lowest BCUT2D eigenvalue weighted by Crippen LogP contribution is -2.31. The van der Waals surface area contributed by atoms with Crippen molar-refractivity contribution < 1.29 is 30.7 Å². The molecule has 2 aromatic heterocycles. The molecular formula is C23H13ClF7N5. The van der Waals surface area contributed by atoms with Crippen LogP contribution in [0.2, 0.25) is 5.28 Å². The first-order chi connectivity index (χ1) is 16.9. The van der Waals surface area contributed by atoms with Crippen LogP contribution in [0.25, 0.3) is 16.7 Å². The molecule has 0 atom stereocenters. The fraction of sp³-hybridized carbons (Fsp3) is 0.261. The van der Waals surface area contributed by atoms with E-state index in [-0.39, 0.29) is 46.4 Å². The van der Waals surface area contributed by atoms with Crippen LogP contribution in [-0.4, -0.2) is 38.5 Å². The summed E-state index contributed by atoms with van der Waals surface area (Å²) in [5.74, 6) is 3.12. The SMILES string of the molecule is Fc1cc(C#CC2(C(F)(F)F)CC2)cc(N(CC(F)(F)F)c2nc3nnc(Cl)n3c3ccccc23)c1. The lowest BCUT2D eigenvalue weighted by molar-refractivity contribution is -0.168. The summed E-state index contributed by atoms with van der Waals surface area (Å²) in [6.45, 7) is -1.58. The zero-order chi connectivity index (χ0) is 25.9. The molecule has 0 radical (unpaired) electrons. The van der Waals surface area contributed by atoms with Gasteiger partial charge in [-0.1, -0.05) is 24.0 Å². The second kappa shape index (κ2) is 8.23. The van der Waals surface area contributed by atoms with Crippen molar-refractivity contribution in [3.63, 3.8) is 0 Å². The fourth-order valence-corrected chi connectivity index (χ4v) is 4.03. The van der Waals surface area contributed by atoms with Gasteiger partial charge in [-0.15, -0.1) is 10.2 Å². The van der Waals surface area contributed by atoms with Crippen molar-refractivity contribution in [2.24, 2.45) is 5.41 Å². The minimum absolute atomic E-state index is 0.0652. The Morgan fingerprint density at radius 3 is 2.42 bits per heavy atom. The van der Waals surface area contributed by atoms with Gasteiger partial charge >= 0.3 is 12.4 Å². The highest BCUT2D eigenvalue weighted by Crippen LogP contribution is 2.57. The molecule has 1 aliphatic rings. The summed E-state index contributed by atoms with van der Waals surface area (Å²) in [7, 11) is 0. The molecule has 4 aromatic rings. The molecule has 0 unspecified atom stereocenters. The third kappa shape index (κ3) is 4.39. The van der Waals surface area contributed by atoms with Gasteiger partial charge in [0.05, 0.1) is 5.52 Å². The smallest absolute Gasteiger partial charge is 0.316 e. The van der Waals surface area contributed by atoms with Gasteiger partial charge in [-0.3, -0.25) is 0 Å². The van der Waals surface area contributed by atoms with Crippen LogP contribution >= 0.6 is 11.6 Å². The molecule has 1 fully saturated rings. The standard InChI is InChI=1S/C23H13ClF7N5/c24-19-33-34-20-32-18(16-3-1-2-4-17(16)36(19)20)35(12-22(26,27)28)15-10-13(9-14(25)11-15)5-6-21(7-8-21)23(29,30)31/h1-4,9-11H,7-8,12H2. The van der Waals surface area contributed by atoms with Crippen LogP contribution in [0.3, 0.4) is 0 Å². The molecule has 5 rings (SSSR count). The Labute approximate surface area is 203 Å². The van der Waals surface area contributed by atoms with Gasteiger partial charge in [-0.2, -0.15) is 31.3 Å². The van der Waals surface area contributed by atoms with Gasteiger partial charge in [-0.05, 0) is 54.8 Å².